The molecule has 0 spiro atoms. The van der Waals surface area contributed by atoms with Gasteiger partial charge in [-0.25, -0.2) is 4.79 Å². The number of piperazine rings is 1. The first-order valence-corrected chi connectivity index (χ1v) is 11.1. The summed E-state index contributed by atoms with van der Waals surface area (Å²) in [5.41, 5.74) is 7.49. The highest BCUT2D eigenvalue weighted by Crippen LogP contribution is 2.41. The van der Waals surface area contributed by atoms with E-state index in [0.717, 1.165) is 73.7 Å². The van der Waals surface area contributed by atoms with Crippen LogP contribution in [-0.4, -0.2) is 57.0 Å². The number of nitrogens with two attached hydrogens (primary N) is 1. The van der Waals surface area contributed by atoms with Gasteiger partial charge in [0, 0.05) is 44.2 Å². The molecule has 5 rings (SSSR count). The van der Waals surface area contributed by atoms with Gasteiger partial charge in [0.25, 0.3) is 0 Å². The molecule has 1 aromatic heterocycles. The number of primary amides is 1. The lowest BCUT2D eigenvalue weighted by atomic mass is 10.2. The molecule has 2 N–H and O–H groups in total. The van der Waals surface area contributed by atoms with Gasteiger partial charge in [-0.05, 0) is 37.6 Å². The van der Waals surface area contributed by atoms with E-state index in [-0.39, 0.29) is 0 Å². The molecule has 2 aliphatic rings. The molecular formula is C24H28N4O4. The van der Waals surface area contributed by atoms with Gasteiger partial charge in [0.15, 0.2) is 11.5 Å². The quantitative estimate of drug-likeness (QED) is 0.569. The third-order valence-corrected chi connectivity index (χ3v) is 6.14. The van der Waals surface area contributed by atoms with Crippen LogP contribution in [0, 0.1) is 0 Å². The molecule has 0 bridgehead atoms. The number of hydrogen-bond acceptors (Lipinski definition) is 6. The van der Waals surface area contributed by atoms with Crippen LogP contribution < -0.4 is 25.0 Å². The van der Waals surface area contributed by atoms with Crippen molar-refractivity contribution < 1.29 is 18.7 Å². The number of carbonyl (C=O) groups is 1. The Morgan fingerprint density at radius 2 is 1.84 bits per heavy atom. The summed E-state index contributed by atoms with van der Waals surface area (Å²) in [4.78, 5) is 18.3. The molecule has 8 nitrogen and oxygen atoms in total. The van der Waals surface area contributed by atoms with Crippen molar-refractivity contribution in [1.82, 2.24) is 4.90 Å². The van der Waals surface area contributed by atoms with Crippen molar-refractivity contribution in [3.05, 3.63) is 48.5 Å². The highest BCUT2D eigenvalue weighted by atomic mass is 16.7. The van der Waals surface area contributed by atoms with Gasteiger partial charge in [0.2, 0.25) is 12.7 Å². The molecular weight excluding hydrogens is 408 g/mol. The van der Waals surface area contributed by atoms with Crippen LogP contribution in [0.3, 0.4) is 0 Å². The minimum Gasteiger partial charge on any atom is -0.454 e. The fourth-order valence-electron chi connectivity index (χ4n) is 4.41. The summed E-state index contributed by atoms with van der Waals surface area (Å²) in [6.07, 6.45) is 1.85. The Morgan fingerprint density at radius 3 is 2.66 bits per heavy atom. The van der Waals surface area contributed by atoms with Crippen LogP contribution in [0.4, 0.5) is 16.4 Å². The van der Waals surface area contributed by atoms with Crippen molar-refractivity contribution in [2.45, 2.75) is 12.8 Å². The fraction of sp³-hybridized carbons (Fsp3) is 0.375. The van der Waals surface area contributed by atoms with Gasteiger partial charge in [0.1, 0.15) is 5.58 Å². The molecule has 2 amide bonds. The zero-order chi connectivity index (χ0) is 21.9. The van der Waals surface area contributed by atoms with E-state index < -0.39 is 6.03 Å². The Kier molecular flexibility index (Phi) is 5.77. The Bertz CT molecular complexity index is 1060. The summed E-state index contributed by atoms with van der Waals surface area (Å²) in [6.45, 7) is 5.72. The number of carbonyl (C=O) groups excluding carboxylic acids is 1. The number of ether oxygens (including phenoxy) is 2. The SMILES string of the molecule is NC(=O)N(CCCCN1CCN(c2cccc3c2OCO3)CC1)c1cc2ccccc2o1. The van der Waals surface area contributed by atoms with Gasteiger partial charge < -0.3 is 24.5 Å². The number of benzene rings is 2. The molecule has 0 unspecified atom stereocenters. The minimum atomic E-state index is -0.487. The Labute approximate surface area is 187 Å². The maximum absolute atomic E-state index is 12.0. The Balaban J connectivity index is 1.10. The van der Waals surface area contributed by atoms with Gasteiger partial charge in [0.05, 0.1) is 5.69 Å². The second kappa shape index (κ2) is 9.00. The van der Waals surface area contributed by atoms with Gasteiger partial charge in [-0.3, -0.25) is 9.80 Å². The molecule has 3 aromatic rings. The molecule has 0 atom stereocenters. The number of anilines is 2. The molecule has 0 saturated carbocycles. The van der Waals surface area contributed by atoms with Crippen LogP contribution >= 0.6 is 0 Å². The van der Waals surface area contributed by atoms with Gasteiger partial charge in [-0.2, -0.15) is 0 Å². The lowest BCUT2D eigenvalue weighted by Crippen LogP contribution is -2.46. The normalized spacial score (nSPS) is 15.9. The first kappa shape index (κ1) is 20.5. The average Bonchev–Trinajstić information content (AvgIpc) is 3.46. The summed E-state index contributed by atoms with van der Waals surface area (Å²) in [7, 11) is 0. The Hall–Kier alpha value is -3.39. The van der Waals surface area contributed by atoms with Crippen LogP contribution in [0.2, 0.25) is 0 Å². The van der Waals surface area contributed by atoms with Crippen LogP contribution in [0.15, 0.2) is 52.9 Å². The third kappa shape index (κ3) is 4.18. The number of nitrogens with zero attached hydrogens (tertiary/aromatic N) is 3. The molecule has 1 fully saturated rings. The maximum Gasteiger partial charge on any atom is 0.321 e. The van der Waals surface area contributed by atoms with Crippen molar-refractivity contribution in [2.24, 2.45) is 5.73 Å². The van der Waals surface area contributed by atoms with Crippen LogP contribution in [0.1, 0.15) is 12.8 Å². The zero-order valence-electron chi connectivity index (χ0n) is 18.0. The number of para-hydroxylation sites is 2. The number of rotatable bonds is 7. The van der Waals surface area contributed by atoms with E-state index >= 15 is 0 Å². The second-order valence-corrected chi connectivity index (χ2v) is 8.16. The highest BCUT2D eigenvalue weighted by Gasteiger charge is 2.24. The Morgan fingerprint density at radius 1 is 1.00 bits per heavy atom. The molecule has 8 heteroatoms. The largest absolute Gasteiger partial charge is 0.454 e. The van der Waals surface area contributed by atoms with E-state index in [4.69, 9.17) is 19.6 Å². The number of hydrogen-bond donors (Lipinski definition) is 1. The van der Waals surface area contributed by atoms with Gasteiger partial charge >= 0.3 is 6.03 Å². The molecule has 1 saturated heterocycles. The first-order chi connectivity index (χ1) is 15.7. The smallest absolute Gasteiger partial charge is 0.321 e. The van der Waals surface area contributed by atoms with Crippen molar-refractivity contribution >= 4 is 28.6 Å². The highest BCUT2D eigenvalue weighted by molar-refractivity contribution is 5.92. The summed E-state index contributed by atoms with van der Waals surface area (Å²) in [5.74, 6) is 2.19. The summed E-state index contributed by atoms with van der Waals surface area (Å²) in [6, 6.07) is 15.2. The van der Waals surface area contributed by atoms with Crippen LogP contribution in [0.5, 0.6) is 11.5 Å². The number of unbranched alkanes of at least 4 members (excludes halogenated alkanes) is 1. The predicted octanol–water partition coefficient (Wildman–Crippen LogP) is 3.65. The minimum absolute atomic E-state index is 0.294. The average molecular weight is 437 g/mol. The van der Waals surface area contributed by atoms with Crippen molar-refractivity contribution in [3.8, 4) is 11.5 Å². The summed E-state index contributed by atoms with van der Waals surface area (Å²) < 4.78 is 17.0. The third-order valence-electron chi connectivity index (χ3n) is 6.14. The van der Waals surface area contributed by atoms with Crippen molar-refractivity contribution in [1.29, 1.82) is 0 Å². The molecule has 2 aromatic carbocycles. The number of amides is 2. The molecule has 3 heterocycles. The number of fused-ring (bicyclic) bond motifs is 2. The van der Waals surface area contributed by atoms with Gasteiger partial charge in [-0.1, -0.05) is 24.3 Å². The van der Waals surface area contributed by atoms with E-state index in [0.29, 0.717) is 19.2 Å². The predicted molar refractivity (Wildman–Crippen MR) is 124 cm³/mol. The van der Waals surface area contributed by atoms with E-state index in [1.807, 2.05) is 42.5 Å². The standard InChI is InChI=1S/C24H28N4O4/c25-24(29)28(22-16-18-6-1-2-8-20(18)32-22)11-4-3-10-26-12-14-27(15-13-26)19-7-5-9-21-23(19)31-17-30-21/h1-2,5-9,16H,3-4,10-15,17H2,(H2,25,29). The van der Waals surface area contributed by atoms with Crippen molar-refractivity contribution in [3.63, 3.8) is 0 Å². The molecule has 0 aliphatic carbocycles. The first-order valence-electron chi connectivity index (χ1n) is 11.1. The fourth-order valence-corrected chi connectivity index (χ4v) is 4.41. The number of urea groups is 1. The van der Waals surface area contributed by atoms with E-state index in [1.54, 1.807) is 0 Å². The maximum atomic E-state index is 12.0. The van der Waals surface area contributed by atoms with Crippen LogP contribution in [-0.2, 0) is 0 Å². The summed E-state index contributed by atoms with van der Waals surface area (Å²) >= 11 is 0. The van der Waals surface area contributed by atoms with E-state index in [2.05, 4.69) is 15.9 Å². The zero-order valence-corrected chi connectivity index (χ0v) is 18.0. The molecule has 168 valence electrons. The van der Waals surface area contributed by atoms with Crippen LogP contribution in [0.25, 0.3) is 11.0 Å². The molecule has 0 radical (unpaired) electrons. The molecule has 2 aliphatic heterocycles. The lowest BCUT2D eigenvalue weighted by Gasteiger charge is -2.36. The van der Waals surface area contributed by atoms with E-state index in [1.165, 1.54) is 4.90 Å². The lowest BCUT2D eigenvalue weighted by molar-refractivity contribution is 0.174. The monoisotopic (exact) mass is 436 g/mol. The summed E-state index contributed by atoms with van der Waals surface area (Å²) in [5, 5.41) is 0.965. The topological polar surface area (TPSA) is 84.4 Å². The van der Waals surface area contributed by atoms with E-state index in [9.17, 15) is 4.79 Å². The second-order valence-electron chi connectivity index (χ2n) is 8.16. The van der Waals surface area contributed by atoms with Gasteiger partial charge in [-0.15, -0.1) is 0 Å². The molecule has 32 heavy (non-hydrogen) atoms. The van der Waals surface area contributed by atoms with Crippen molar-refractivity contribution in [2.75, 3.05) is 55.9 Å². The number of furan rings is 1.